The van der Waals surface area contributed by atoms with E-state index < -0.39 is 0 Å². The average molecular weight is 312 g/mol. The first kappa shape index (κ1) is 12.8. The van der Waals surface area contributed by atoms with Gasteiger partial charge >= 0.3 is 0 Å². The Morgan fingerprint density at radius 3 is 2.78 bits per heavy atom. The van der Waals surface area contributed by atoms with Gasteiger partial charge in [-0.15, -0.1) is 0 Å². The molecule has 7 heteroatoms. The number of aryl methyl sites for hydroxylation is 1. The van der Waals surface area contributed by atoms with Gasteiger partial charge in [0.25, 0.3) is 5.91 Å². The first-order valence-electron chi connectivity index (χ1n) is 5.53. The first-order valence-corrected chi connectivity index (χ1v) is 6.33. The number of aromatic amines is 1. The summed E-state index contributed by atoms with van der Waals surface area (Å²) in [6.45, 7) is 4.06. The summed E-state index contributed by atoms with van der Waals surface area (Å²) >= 11 is 3.40. The van der Waals surface area contributed by atoms with E-state index in [1.807, 2.05) is 13.8 Å². The number of rotatable bonds is 3. The molecule has 0 spiro atoms. The predicted octanol–water partition coefficient (Wildman–Crippen LogP) is 2.28. The van der Waals surface area contributed by atoms with Crippen molar-refractivity contribution in [2.45, 2.75) is 19.8 Å². The van der Waals surface area contributed by atoms with E-state index in [-0.39, 0.29) is 11.8 Å². The van der Waals surface area contributed by atoms with Crippen molar-refractivity contribution < 1.29 is 4.79 Å². The van der Waals surface area contributed by atoms with Crippen LogP contribution in [0.3, 0.4) is 0 Å². The summed E-state index contributed by atoms with van der Waals surface area (Å²) in [5.41, 5.74) is 1.25. The largest absolute Gasteiger partial charge is 0.305 e. The summed E-state index contributed by atoms with van der Waals surface area (Å²) in [6, 6.07) is 1.72. The molecule has 0 aromatic carbocycles. The van der Waals surface area contributed by atoms with E-state index in [0.717, 1.165) is 5.69 Å². The monoisotopic (exact) mass is 311 g/mol. The van der Waals surface area contributed by atoms with Gasteiger partial charge in [-0.05, 0) is 21.8 Å². The fraction of sp³-hybridized carbons (Fsp3) is 0.364. The molecule has 0 aliphatic heterocycles. The minimum atomic E-state index is -0.270. The Bertz CT molecular complexity index is 572. The Kier molecular flexibility index (Phi) is 3.51. The van der Waals surface area contributed by atoms with Gasteiger partial charge in [0.15, 0.2) is 5.69 Å². The lowest BCUT2D eigenvalue weighted by molar-refractivity contribution is 0.102. The smallest absolute Gasteiger partial charge is 0.278 e. The highest BCUT2D eigenvalue weighted by atomic mass is 79.9. The Balaban J connectivity index is 2.22. The lowest BCUT2D eigenvalue weighted by atomic mass is 10.1. The molecule has 2 N–H and O–H groups in total. The van der Waals surface area contributed by atoms with Crippen molar-refractivity contribution in [2.75, 3.05) is 5.32 Å². The maximum absolute atomic E-state index is 12.1. The molecule has 96 valence electrons. The lowest BCUT2D eigenvalue weighted by Gasteiger charge is -2.04. The van der Waals surface area contributed by atoms with Crippen LogP contribution in [-0.4, -0.2) is 25.9 Å². The second kappa shape index (κ2) is 4.93. The molecule has 2 heterocycles. The topological polar surface area (TPSA) is 75.6 Å². The molecular formula is C11H14BrN5O. The van der Waals surface area contributed by atoms with Crippen LogP contribution in [0.5, 0.6) is 0 Å². The molecule has 0 aliphatic carbocycles. The van der Waals surface area contributed by atoms with Gasteiger partial charge in [-0.2, -0.15) is 10.2 Å². The summed E-state index contributed by atoms with van der Waals surface area (Å²) < 4.78 is 2.29. The molecule has 0 fully saturated rings. The molecule has 0 unspecified atom stereocenters. The molecule has 2 aromatic rings. The number of carbonyl (C=O) groups is 1. The highest BCUT2D eigenvalue weighted by molar-refractivity contribution is 9.10. The Morgan fingerprint density at radius 2 is 2.28 bits per heavy atom. The Morgan fingerprint density at radius 1 is 1.56 bits per heavy atom. The van der Waals surface area contributed by atoms with Crippen molar-refractivity contribution in [1.29, 1.82) is 0 Å². The molecule has 0 aliphatic rings. The van der Waals surface area contributed by atoms with Crippen LogP contribution in [0, 0.1) is 0 Å². The third-order valence-electron chi connectivity index (χ3n) is 2.59. The maximum atomic E-state index is 12.1. The molecule has 0 radical (unpaired) electrons. The summed E-state index contributed by atoms with van der Waals surface area (Å²) in [6.07, 6.45) is 1.62. The quantitative estimate of drug-likeness (QED) is 0.913. The zero-order chi connectivity index (χ0) is 13.3. The second-order valence-electron chi connectivity index (χ2n) is 4.25. The molecule has 0 saturated heterocycles. The van der Waals surface area contributed by atoms with E-state index in [1.54, 1.807) is 24.0 Å². The normalized spacial score (nSPS) is 10.9. The fourth-order valence-electron chi connectivity index (χ4n) is 1.55. The first-order chi connectivity index (χ1) is 8.50. The van der Waals surface area contributed by atoms with Crippen molar-refractivity contribution in [3.05, 3.63) is 28.1 Å². The molecule has 18 heavy (non-hydrogen) atoms. The van der Waals surface area contributed by atoms with Crippen LogP contribution in [0.1, 0.15) is 35.9 Å². The van der Waals surface area contributed by atoms with Gasteiger partial charge in [-0.3, -0.25) is 14.6 Å². The SMILES string of the molecule is CC(C)c1[nH]nc(C(=O)Nc2ccnn2C)c1Br. The highest BCUT2D eigenvalue weighted by Gasteiger charge is 2.19. The Labute approximate surface area is 113 Å². The number of anilines is 1. The molecule has 0 saturated carbocycles. The Hall–Kier alpha value is -1.63. The van der Waals surface area contributed by atoms with Gasteiger partial charge in [0.1, 0.15) is 5.82 Å². The average Bonchev–Trinajstić information content (AvgIpc) is 2.86. The van der Waals surface area contributed by atoms with E-state index >= 15 is 0 Å². The van der Waals surface area contributed by atoms with Gasteiger partial charge in [0.05, 0.1) is 16.4 Å². The summed E-state index contributed by atoms with van der Waals surface area (Å²) in [5.74, 6) is 0.625. The van der Waals surface area contributed by atoms with Gasteiger partial charge in [0.2, 0.25) is 0 Å². The van der Waals surface area contributed by atoms with Crippen molar-refractivity contribution in [3.8, 4) is 0 Å². The number of amides is 1. The van der Waals surface area contributed by atoms with Crippen molar-refractivity contribution in [2.24, 2.45) is 7.05 Å². The minimum absolute atomic E-state index is 0.269. The van der Waals surface area contributed by atoms with Gasteiger partial charge in [0, 0.05) is 13.1 Å². The van der Waals surface area contributed by atoms with Crippen LogP contribution in [0.2, 0.25) is 0 Å². The number of H-pyrrole nitrogens is 1. The maximum Gasteiger partial charge on any atom is 0.278 e. The summed E-state index contributed by atoms with van der Waals surface area (Å²) in [7, 11) is 1.76. The zero-order valence-corrected chi connectivity index (χ0v) is 11.9. The van der Waals surface area contributed by atoms with Crippen LogP contribution < -0.4 is 5.32 Å². The molecule has 6 nitrogen and oxygen atoms in total. The van der Waals surface area contributed by atoms with Crippen LogP contribution in [-0.2, 0) is 7.05 Å². The number of halogens is 1. The zero-order valence-electron chi connectivity index (χ0n) is 10.4. The number of hydrogen-bond acceptors (Lipinski definition) is 3. The van der Waals surface area contributed by atoms with E-state index in [0.29, 0.717) is 16.0 Å². The summed E-state index contributed by atoms with van der Waals surface area (Å²) in [5, 5.41) is 13.6. The standard InChI is InChI=1S/C11H14BrN5O/c1-6(2)9-8(12)10(16-15-9)11(18)14-7-4-5-13-17(7)3/h4-6H,1-3H3,(H,14,18)(H,15,16). The number of carbonyl (C=O) groups excluding carboxylic acids is 1. The van der Waals surface area contributed by atoms with Gasteiger partial charge in [-0.25, -0.2) is 0 Å². The van der Waals surface area contributed by atoms with Gasteiger partial charge in [-0.1, -0.05) is 13.8 Å². The fourth-order valence-corrected chi connectivity index (χ4v) is 2.36. The second-order valence-corrected chi connectivity index (χ2v) is 5.04. The van der Waals surface area contributed by atoms with Crippen molar-refractivity contribution in [3.63, 3.8) is 0 Å². The number of nitrogens with one attached hydrogen (secondary N) is 2. The van der Waals surface area contributed by atoms with Crippen LogP contribution >= 0.6 is 15.9 Å². The number of hydrogen-bond donors (Lipinski definition) is 2. The molecule has 0 bridgehead atoms. The van der Waals surface area contributed by atoms with Crippen LogP contribution in [0.25, 0.3) is 0 Å². The van der Waals surface area contributed by atoms with Crippen molar-refractivity contribution in [1.82, 2.24) is 20.0 Å². The molecule has 2 aromatic heterocycles. The third-order valence-corrected chi connectivity index (χ3v) is 3.39. The van der Waals surface area contributed by atoms with Gasteiger partial charge < -0.3 is 5.32 Å². The van der Waals surface area contributed by atoms with E-state index in [1.165, 1.54) is 0 Å². The van der Waals surface area contributed by atoms with E-state index in [2.05, 4.69) is 36.5 Å². The third kappa shape index (κ3) is 2.31. The number of nitrogens with zero attached hydrogens (tertiary/aromatic N) is 3. The predicted molar refractivity (Wildman–Crippen MR) is 71.5 cm³/mol. The highest BCUT2D eigenvalue weighted by Crippen LogP contribution is 2.25. The lowest BCUT2D eigenvalue weighted by Crippen LogP contribution is -2.15. The summed E-state index contributed by atoms with van der Waals surface area (Å²) in [4.78, 5) is 12.1. The van der Waals surface area contributed by atoms with Crippen molar-refractivity contribution >= 4 is 27.7 Å². The molecular weight excluding hydrogens is 298 g/mol. The van der Waals surface area contributed by atoms with Crippen LogP contribution in [0.15, 0.2) is 16.7 Å². The molecule has 0 atom stereocenters. The van der Waals surface area contributed by atoms with Crippen LogP contribution in [0.4, 0.5) is 5.82 Å². The number of aromatic nitrogens is 4. The molecule has 2 rings (SSSR count). The molecule has 1 amide bonds. The minimum Gasteiger partial charge on any atom is -0.305 e. The van der Waals surface area contributed by atoms with E-state index in [4.69, 9.17) is 0 Å². The van der Waals surface area contributed by atoms with E-state index in [9.17, 15) is 4.79 Å².